The standard InChI is InChI=1S/C16H24N2O2/c17-15(10-12-5-2-1-3-6-12)16(20)18-11-13-7-4-8-14(19)9-13/h1-3,5-6,13-15,19H,4,7-11,17H2,(H,18,20)/t13?,14?,15-/m0/s1. The molecule has 1 aliphatic carbocycles. The van der Waals surface area contributed by atoms with Crippen LogP contribution in [0.1, 0.15) is 31.2 Å². The lowest BCUT2D eigenvalue weighted by atomic mass is 9.87. The van der Waals surface area contributed by atoms with E-state index < -0.39 is 6.04 Å². The fourth-order valence-electron chi connectivity index (χ4n) is 2.78. The Bertz CT molecular complexity index is 422. The van der Waals surface area contributed by atoms with E-state index in [-0.39, 0.29) is 12.0 Å². The van der Waals surface area contributed by atoms with Crippen molar-refractivity contribution >= 4 is 5.91 Å². The molecule has 4 N–H and O–H groups in total. The van der Waals surface area contributed by atoms with Crippen LogP contribution < -0.4 is 11.1 Å². The summed E-state index contributed by atoms with van der Waals surface area (Å²) in [6.45, 7) is 0.623. The lowest BCUT2D eigenvalue weighted by molar-refractivity contribution is -0.122. The van der Waals surface area contributed by atoms with E-state index in [0.29, 0.717) is 18.9 Å². The van der Waals surface area contributed by atoms with Crippen LogP contribution in [-0.2, 0) is 11.2 Å². The van der Waals surface area contributed by atoms with Crippen molar-refractivity contribution in [2.75, 3.05) is 6.54 Å². The molecule has 0 bridgehead atoms. The molecule has 2 rings (SSSR count). The Morgan fingerprint density at radius 2 is 2.10 bits per heavy atom. The molecule has 1 saturated carbocycles. The van der Waals surface area contributed by atoms with Crippen molar-refractivity contribution < 1.29 is 9.90 Å². The number of hydrogen-bond donors (Lipinski definition) is 3. The molecule has 0 heterocycles. The topological polar surface area (TPSA) is 75.4 Å². The van der Waals surface area contributed by atoms with Crippen LogP contribution in [0.25, 0.3) is 0 Å². The number of carbonyl (C=O) groups excluding carboxylic acids is 1. The van der Waals surface area contributed by atoms with Crippen LogP contribution >= 0.6 is 0 Å². The lowest BCUT2D eigenvalue weighted by Gasteiger charge is -2.26. The molecule has 0 radical (unpaired) electrons. The lowest BCUT2D eigenvalue weighted by Crippen LogP contribution is -2.44. The molecule has 110 valence electrons. The molecule has 1 aromatic carbocycles. The zero-order valence-electron chi connectivity index (χ0n) is 11.8. The molecule has 0 aliphatic heterocycles. The Balaban J connectivity index is 1.74. The van der Waals surface area contributed by atoms with Crippen LogP contribution in [0.3, 0.4) is 0 Å². The number of nitrogens with one attached hydrogen (secondary N) is 1. The largest absolute Gasteiger partial charge is 0.393 e. The zero-order chi connectivity index (χ0) is 14.4. The normalized spacial score (nSPS) is 24.1. The third kappa shape index (κ3) is 4.62. The molecule has 1 aliphatic rings. The van der Waals surface area contributed by atoms with Gasteiger partial charge in [0, 0.05) is 6.54 Å². The minimum absolute atomic E-state index is 0.103. The Morgan fingerprint density at radius 3 is 2.80 bits per heavy atom. The predicted molar refractivity (Wildman–Crippen MR) is 79.1 cm³/mol. The third-order valence-corrected chi connectivity index (χ3v) is 3.96. The Labute approximate surface area is 120 Å². The van der Waals surface area contributed by atoms with E-state index in [1.165, 1.54) is 0 Å². The van der Waals surface area contributed by atoms with Gasteiger partial charge < -0.3 is 16.2 Å². The number of benzene rings is 1. The quantitative estimate of drug-likeness (QED) is 0.757. The van der Waals surface area contributed by atoms with Crippen LogP contribution in [0.5, 0.6) is 0 Å². The third-order valence-electron chi connectivity index (χ3n) is 3.96. The van der Waals surface area contributed by atoms with Crippen LogP contribution in [-0.4, -0.2) is 29.7 Å². The van der Waals surface area contributed by atoms with Gasteiger partial charge in [0.25, 0.3) is 0 Å². The molecule has 4 nitrogen and oxygen atoms in total. The van der Waals surface area contributed by atoms with E-state index in [9.17, 15) is 9.90 Å². The van der Waals surface area contributed by atoms with Gasteiger partial charge in [0.2, 0.25) is 5.91 Å². The summed E-state index contributed by atoms with van der Waals surface area (Å²) in [6.07, 6.45) is 4.14. The highest BCUT2D eigenvalue weighted by molar-refractivity contribution is 5.81. The highest BCUT2D eigenvalue weighted by atomic mass is 16.3. The van der Waals surface area contributed by atoms with E-state index >= 15 is 0 Å². The molecule has 20 heavy (non-hydrogen) atoms. The highest BCUT2D eigenvalue weighted by Crippen LogP contribution is 2.23. The van der Waals surface area contributed by atoms with E-state index in [2.05, 4.69) is 5.32 Å². The zero-order valence-corrected chi connectivity index (χ0v) is 11.8. The van der Waals surface area contributed by atoms with Crippen LogP contribution in [0.2, 0.25) is 0 Å². The van der Waals surface area contributed by atoms with Gasteiger partial charge in [-0.25, -0.2) is 0 Å². The number of carbonyl (C=O) groups is 1. The van der Waals surface area contributed by atoms with Crippen molar-refractivity contribution in [1.82, 2.24) is 5.32 Å². The van der Waals surface area contributed by atoms with E-state index in [0.717, 1.165) is 31.2 Å². The summed E-state index contributed by atoms with van der Waals surface area (Å²) >= 11 is 0. The second kappa shape index (κ2) is 7.41. The number of hydrogen-bond acceptors (Lipinski definition) is 3. The summed E-state index contributed by atoms with van der Waals surface area (Å²) in [7, 11) is 0. The van der Waals surface area contributed by atoms with Gasteiger partial charge in [0.05, 0.1) is 12.1 Å². The molecule has 3 atom stereocenters. The first-order valence-electron chi connectivity index (χ1n) is 7.40. The molecule has 2 unspecified atom stereocenters. The van der Waals surface area contributed by atoms with Gasteiger partial charge in [-0.3, -0.25) is 4.79 Å². The maximum atomic E-state index is 12.0. The Hall–Kier alpha value is -1.39. The van der Waals surface area contributed by atoms with E-state index in [1.807, 2.05) is 30.3 Å². The first-order valence-corrected chi connectivity index (χ1v) is 7.40. The molecule has 0 aromatic heterocycles. The predicted octanol–water partition coefficient (Wildman–Crippen LogP) is 1.22. The number of rotatable bonds is 5. The number of aliphatic hydroxyl groups is 1. The minimum atomic E-state index is -0.508. The fourth-order valence-corrected chi connectivity index (χ4v) is 2.78. The Kier molecular flexibility index (Phi) is 5.56. The van der Waals surface area contributed by atoms with Crippen molar-refractivity contribution in [1.29, 1.82) is 0 Å². The van der Waals surface area contributed by atoms with Crippen molar-refractivity contribution in [3.8, 4) is 0 Å². The van der Waals surface area contributed by atoms with Gasteiger partial charge in [0.15, 0.2) is 0 Å². The molecule has 4 heteroatoms. The first-order chi connectivity index (χ1) is 9.65. The Morgan fingerprint density at radius 1 is 1.35 bits per heavy atom. The van der Waals surface area contributed by atoms with Crippen LogP contribution in [0.15, 0.2) is 30.3 Å². The molecule has 0 spiro atoms. The summed E-state index contributed by atoms with van der Waals surface area (Å²) in [4.78, 5) is 12.0. The molecule has 0 saturated heterocycles. The molecular formula is C16H24N2O2. The van der Waals surface area contributed by atoms with Gasteiger partial charge in [-0.15, -0.1) is 0 Å². The summed E-state index contributed by atoms with van der Waals surface area (Å²) in [5, 5.41) is 12.5. The van der Waals surface area contributed by atoms with Crippen molar-refractivity contribution in [2.45, 2.75) is 44.2 Å². The molecule has 1 fully saturated rings. The molecular weight excluding hydrogens is 252 g/mol. The molecule has 1 aromatic rings. The maximum absolute atomic E-state index is 12.0. The molecule has 1 amide bonds. The van der Waals surface area contributed by atoms with Crippen molar-refractivity contribution in [3.63, 3.8) is 0 Å². The van der Waals surface area contributed by atoms with E-state index in [4.69, 9.17) is 5.73 Å². The minimum Gasteiger partial charge on any atom is -0.393 e. The van der Waals surface area contributed by atoms with Crippen LogP contribution in [0.4, 0.5) is 0 Å². The summed E-state index contributed by atoms with van der Waals surface area (Å²) < 4.78 is 0. The number of aliphatic hydroxyl groups excluding tert-OH is 1. The summed E-state index contributed by atoms with van der Waals surface area (Å²) in [6, 6.07) is 9.29. The first kappa shape index (κ1) is 15.0. The van der Waals surface area contributed by atoms with E-state index in [1.54, 1.807) is 0 Å². The SMILES string of the molecule is N[C@@H](Cc1ccccc1)C(=O)NCC1CCCC(O)C1. The summed E-state index contributed by atoms with van der Waals surface area (Å²) in [5.41, 5.74) is 7.00. The number of nitrogens with two attached hydrogens (primary N) is 1. The van der Waals surface area contributed by atoms with Gasteiger partial charge in [-0.05, 0) is 37.2 Å². The maximum Gasteiger partial charge on any atom is 0.237 e. The van der Waals surface area contributed by atoms with Crippen molar-refractivity contribution in [3.05, 3.63) is 35.9 Å². The monoisotopic (exact) mass is 276 g/mol. The number of amides is 1. The van der Waals surface area contributed by atoms with Gasteiger partial charge in [0.1, 0.15) is 0 Å². The van der Waals surface area contributed by atoms with Gasteiger partial charge in [-0.1, -0.05) is 36.8 Å². The van der Waals surface area contributed by atoms with Gasteiger partial charge >= 0.3 is 0 Å². The average Bonchev–Trinajstić information content (AvgIpc) is 2.46. The second-order valence-electron chi connectivity index (χ2n) is 5.73. The second-order valence-corrected chi connectivity index (χ2v) is 5.73. The van der Waals surface area contributed by atoms with Gasteiger partial charge in [-0.2, -0.15) is 0 Å². The summed E-state index contributed by atoms with van der Waals surface area (Å²) in [5.74, 6) is 0.278. The fraction of sp³-hybridized carbons (Fsp3) is 0.562. The van der Waals surface area contributed by atoms with Crippen LogP contribution in [0, 0.1) is 5.92 Å². The van der Waals surface area contributed by atoms with Crippen molar-refractivity contribution in [2.24, 2.45) is 11.7 Å². The smallest absolute Gasteiger partial charge is 0.237 e. The average molecular weight is 276 g/mol. The highest BCUT2D eigenvalue weighted by Gasteiger charge is 2.21.